The van der Waals surface area contributed by atoms with E-state index in [1.807, 2.05) is 0 Å². The van der Waals surface area contributed by atoms with Gasteiger partial charge in [0.05, 0.1) is 0 Å². The third kappa shape index (κ3) is 3.06. The number of halogens is 6. The Kier molecular flexibility index (Phi) is 4.18. The van der Waals surface area contributed by atoms with E-state index in [1.165, 1.54) is 0 Å². The molecule has 0 N–H and O–H groups in total. The van der Waals surface area contributed by atoms with Crippen LogP contribution < -0.4 is 0 Å². The summed E-state index contributed by atoms with van der Waals surface area (Å²) in [6.07, 6.45) is -11.6. The minimum atomic E-state index is -5.82. The molecule has 0 amide bonds. The minimum absolute atomic E-state index is 0.203. The van der Waals surface area contributed by atoms with Gasteiger partial charge in [-0.1, -0.05) is 0 Å². The third-order valence-electron chi connectivity index (χ3n) is 1.56. The molecule has 0 spiro atoms. The summed E-state index contributed by atoms with van der Waals surface area (Å²) in [4.78, 5) is 32.0. The first kappa shape index (κ1) is 16.1. The van der Waals surface area contributed by atoms with Crippen molar-refractivity contribution < 1.29 is 56.7 Å². The van der Waals surface area contributed by atoms with E-state index in [0.717, 1.165) is 0 Å². The molecule has 0 aromatic heterocycles. The van der Waals surface area contributed by atoms with E-state index in [2.05, 4.69) is 16.0 Å². The van der Waals surface area contributed by atoms with Crippen molar-refractivity contribution in [2.45, 2.75) is 23.6 Å². The Labute approximate surface area is 98.3 Å². The molecule has 0 aromatic carbocycles. The van der Waals surface area contributed by atoms with Crippen LogP contribution in [0.15, 0.2) is 0 Å². The number of carbonyl (C=O) groups is 3. The molecule has 0 rings (SSSR count). The Morgan fingerprint density at radius 1 is 0.824 bits per heavy atom. The van der Waals surface area contributed by atoms with Gasteiger partial charge in [0.25, 0.3) is 0 Å². The maximum atomic E-state index is 12.0. The van der Waals surface area contributed by atoms with E-state index in [9.17, 15) is 40.7 Å². The molecule has 0 aromatic rings. The van der Waals surface area contributed by atoms with Gasteiger partial charge in [-0.25, -0.2) is 0 Å². The predicted molar refractivity (Wildman–Crippen MR) is 35.5 cm³/mol. The zero-order chi connectivity index (χ0) is 14.2. The molecule has 0 aliphatic carbocycles. The van der Waals surface area contributed by atoms with Crippen LogP contribution in [0.3, 0.4) is 0 Å². The molecule has 0 aliphatic rings. The predicted octanol–water partition coefficient (Wildman–Crippen LogP) is 1.54. The zero-order valence-corrected chi connectivity index (χ0v) is 8.74. The van der Waals surface area contributed by atoms with Crippen molar-refractivity contribution in [3.8, 4) is 0 Å². The topological polar surface area (TPSA) is 51.2 Å². The van der Waals surface area contributed by atoms with Crippen molar-refractivity contribution >= 4 is 17.3 Å². The first-order valence-electron chi connectivity index (χ1n) is 3.65. The van der Waals surface area contributed by atoms with Gasteiger partial charge in [-0.3, -0.25) is 0 Å². The van der Waals surface area contributed by atoms with Crippen molar-refractivity contribution in [2.75, 3.05) is 0 Å². The first-order chi connectivity index (χ1) is 7.25. The quantitative estimate of drug-likeness (QED) is 0.451. The van der Waals surface area contributed by atoms with Crippen LogP contribution in [0.25, 0.3) is 0 Å². The molecule has 0 heterocycles. The monoisotopic (exact) mass is 312 g/mol. The number of rotatable bonds is 3. The van der Waals surface area contributed by atoms with E-state index in [0.29, 0.717) is 0 Å². The van der Waals surface area contributed by atoms with Gasteiger partial charge < -0.3 is 0 Å². The van der Waals surface area contributed by atoms with Crippen molar-refractivity contribution in [3.63, 3.8) is 0 Å². The molecule has 3 nitrogen and oxygen atoms in total. The summed E-state index contributed by atoms with van der Waals surface area (Å²) >= 11 is 3.86. The number of alkyl halides is 6. The van der Waals surface area contributed by atoms with E-state index >= 15 is 0 Å². The van der Waals surface area contributed by atoms with Crippen LogP contribution in [0.4, 0.5) is 26.3 Å². The normalized spacial score (nSPS) is 13.5. The van der Waals surface area contributed by atoms with Crippen LogP contribution in [0.1, 0.15) is 6.92 Å². The van der Waals surface area contributed by atoms with Gasteiger partial charge >= 0.3 is 97.7 Å². The van der Waals surface area contributed by atoms with Crippen LogP contribution in [0, 0.1) is 0 Å². The van der Waals surface area contributed by atoms with Crippen molar-refractivity contribution in [1.29, 1.82) is 0 Å². The second-order valence-electron chi connectivity index (χ2n) is 2.81. The standard InChI is InChI=1S/C7H3F6O3.Cu/c1-2(14)3(4(15)6(8,9)10)5(16)7(11,12)13;/h1H3;. The molecule has 17 heavy (non-hydrogen) atoms. The molecule has 0 fully saturated rings. The third-order valence-corrected chi connectivity index (χ3v) is 2.32. The van der Waals surface area contributed by atoms with E-state index < -0.39 is 34.0 Å². The van der Waals surface area contributed by atoms with Gasteiger partial charge in [-0.2, -0.15) is 0 Å². The Hall–Kier alpha value is -0.891. The molecule has 102 valence electrons. The fraction of sp³-hybridized carbons (Fsp3) is 0.571. The molecule has 0 aliphatic heterocycles. The molecule has 0 atom stereocenters. The SMILES string of the molecule is CC(=O)[C]([Cu])(C(=O)C(F)(F)F)C(=O)C(F)(F)F. The molecule has 0 bridgehead atoms. The number of Topliss-reactive ketones (excluding diaryl/α,β-unsaturated/α-hetero) is 3. The fourth-order valence-corrected chi connectivity index (χ4v) is 1.06. The van der Waals surface area contributed by atoms with Gasteiger partial charge in [0.1, 0.15) is 0 Å². The Morgan fingerprint density at radius 3 is 1.18 bits per heavy atom. The summed E-state index contributed by atoms with van der Waals surface area (Å²) in [6.45, 7) is 0.203. The number of hydrogen-bond acceptors (Lipinski definition) is 3. The van der Waals surface area contributed by atoms with E-state index in [1.54, 1.807) is 0 Å². The summed E-state index contributed by atoms with van der Waals surface area (Å²) in [7, 11) is 0. The second kappa shape index (κ2) is 4.41. The number of ketones is 3. The van der Waals surface area contributed by atoms with Gasteiger partial charge in [-0.15, -0.1) is 0 Å². The van der Waals surface area contributed by atoms with Crippen molar-refractivity contribution in [1.82, 2.24) is 0 Å². The molecular formula is C7H3CuF6O3. The Morgan fingerprint density at radius 2 is 1.06 bits per heavy atom. The van der Waals surface area contributed by atoms with Crippen LogP contribution in [0.5, 0.6) is 0 Å². The summed E-state index contributed by atoms with van der Waals surface area (Å²) in [6, 6.07) is 0. The molecule has 0 radical (unpaired) electrons. The summed E-state index contributed by atoms with van der Waals surface area (Å²) in [5, 5.41) is 0. The molecule has 0 saturated heterocycles. The van der Waals surface area contributed by atoms with Crippen LogP contribution in [-0.2, 0) is 30.4 Å². The first-order valence-corrected chi connectivity index (χ1v) is 4.12. The van der Waals surface area contributed by atoms with Gasteiger partial charge in [-0.05, 0) is 0 Å². The molecule has 10 heteroatoms. The fourth-order valence-electron chi connectivity index (χ4n) is 0.792. The number of carbonyl (C=O) groups excluding carboxylic acids is 3. The number of hydrogen-bond donors (Lipinski definition) is 0. The van der Waals surface area contributed by atoms with Gasteiger partial charge in [0, 0.05) is 0 Å². The summed E-state index contributed by atoms with van der Waals surface area (Å²) < 4.78 is 67.6. The Bertz CT molecular complexity index is 343. The maximum absolute atomic E-state index is 12.0. The zero-order valence-electron chi connectivity index (χ0n) is 7.79. The molecule has 0 unspecified atom stereocenters. The van der Waals surface area contributed by atoms with Gasteiger partial charge in [0.2, 0.25) is 0 Å². The van der Waals surface area contributed by atoms with Crippen LogP contribution in [-0.4, -0.2) is 29.7 Å². The van der Waals surface area contributed by atoms with E-state index in [-0.39, 0.29) is 6.92 Å². The average molecular weight is 313 g/mol. The van der Waals surface area contributed by atoms with Gasteiger partial charge in [0.15, 0.2) is 0 Å². The van der Waals surface area contributed by atoms with Crippen LogP contribution >= 0.6 is 0 Å². The van der Waals surface area contributed by atoms with Crippen LogP contribution in [0.2, 0.25) is 4.31 Å². The Balaban J connectivity index is 5.75. The van der Waals surface area contributed by atoms with Crippen molar-refractivity contribution in [3.05, 3.63) is 0 Å². The summed E-state index contributed by atoms with van der Waals surface area (Å²) in [5.41, 5.74) is 0. The molecular weight excluding hydrogens is 310 g/mol. The second-order valence-corrected chi connectivity index (χ2v) is 3.52. The average Bonchev–Trinajstić information content (AvgIpc) is 2.10. The summed E-state index contributed by atoms with van der Waals surface area (Å²) in [5.74, 6) is -8.46. The van der Waals surface area contributed by atoms with E-state index in [4.69, 9.17) is 0 Å². The van der Waals surface area contributed by atoms with Crippen molar-refractivity contribution in [2.24, 2.45) is 0 Å². The molecule has 0 saturated carbocycles.